The van der Waals surface area contributed by atoms with Crippen LogP contribution in [0.3, 0.4) is 0 Å². The Morgan fingerprint density at radius 3 is 2.50 bits per heavy atom. The summed E-state index contributed by atoms with van der Waals surface area (Å²) in [5.41, 5.74) is 4.20. The van der Waals surface area contributed by atoms with Crippen molar-refractivity contribution in [2.45, 2.75) is 26.9 Å². The number of hydrogen-bond donors (Lipinski definition) is 1. The fourth-order valence-electron chi connectivity index (χ4n) is 2.39. The van der Waals surface area contributed by atoms with Crippen molar-refractivity contribution in [2.24, 2.45) is 0 Å². The second-order valence-corrected chi connectivity index (χ2v) is 6.08. The highest BCUT2D eigenvalue weighted by molar-refractivity contribution is 5.97. The number of hydrogen-bond acceptors (Lipinski definition) is 5. The quantitative estimate of drug-likeness (QED) is 0.730. The van der Waals surface area contributed by atoms with Gasteiger partial charge in [0.2, 0.25) is 0 Å². The minimum Gasteiger partial charge on any atom is -0.448 e. The smallest absolute Gasteiger partial charge is 0.359 e. The molecule has 26 heavy (non-hydrogen) atoms. The zero-order valence-corrected chi connectivity index (χ0v) is 14.8. The van der Waals surface area contributed by atoms with Gasteiger partial charge in [-0.3, -0.25) is 9.78 Å². The van der Waals surface area contributed by atoms with Crippen LogP contribution in [0.5, 0.6) is 0 Å². The van der Waals surface area contributed by atoms with Crippen molar-refractivity contribution in [2.75, 3.05) is 5.32 Å². The Kier molecular flexibility index (Phi) is 4.93. The minimum atomic E-state index is -0.961. The molecule has 0 spiro atoms. The number of carbonyl (C=O) groups is 2. The minimum absolute atomic E-state index is 0.0644. The lowest BCUT2D eigenvalue weighted by Crippen LogP contribution is -2.30. The Labute approximate surface area is 151 Å². The fourth-order valence-corrected chi connectivity index (χ4v) is 2.39. The van der Waals surface area contributed by atoms with E-state index < -0.39 is 18.0 Å². The van der Waals surface area contributed by atoms with E-state index in [-0.39, 0.29) is 5.69 Å². The Morgan fingerprint density at radius 2 is 1.77 bits per heavy atom. The number of benzene rings is 2. The van der Waals surface area contributed by atoms with Crippen molar-refractivity contribution in [3.8, 4) is 0 Å². The third-order valence-corrected chi connectivity index (χ3v) is 4.09. The molecule has 3 aromatic rings. The number of nitrogens with zero attached hydrogens (tertiary/aromatic N) is 2. The van der Waals surface area contributed by atoms with Crippen molar-refractivity contribution in [1.82, 2.24) is 9.97 Å². The summed E-state index contributed by atoms with van der Waals surface area (Å²) in [7, 11) is 0. The van der Waals surface area contributed by atoms with Crippen molar-refractivity contribution in [3.63, 3.8) is 0 Å². The van der Waals surface area contributed by atoms with Crippen LogP contribution < -0.4 is 5.32 Å². The highest BCUT2D eigenvalue weighted by Gasteiger charge is 2.20. The van der Waals surface area contributed by atoms with E-state index in [1.807, 2.05) is 44.2 Å². The van der Waals surface area contributed by atoms with Crippen LogP contribution in [0, 0.1) is 13.8 Å². The lowest BCUT2D eigenvalue weighted by molar-refractivity contribution is -0.123. The van der Waals surface area contributed by atoms with E-state index >= 15 is 0 Å². The summed E-state index contributed by atoms with van der Waals surface area (Å²) in [5, 5.41) is 2.74. The molecule has 1 heterocycles. The molecule has 1 atom stereocenters. The summed E-state index contributed by atoms with van der Waals surface area (Å²) < 4.78 is 5.22. The molecule has 2 aromatic carbocycles. The molecule has 1 amide bonds. The van der Waals surface area contributed by atoms with Gasteiger partial charge >= 0.3 is 5.97 Å². The monoisotopic (exact) mass is 349 g/mol. The van der Waals surface area contributed by atoms with Crippen LogP contribution in [0.4, 0.5) is 5.69 Å². The summed E-state index contributed by atoms with van der Waals surface area (Å²) >= 11 is 0. The molecule has 1 aromatic heterocycles. The maximum Gasteiger partial charge on any atom is 0.359 e. The van der Waals surface area contributed by atoms with Gasteiger partial charge in [0.15, 0.2) is 11.8 Å². The average molecular weight is 349 g/mol. The summed E-state index contributed by atoms with van der Waals surface area (Å²) in [5.74, 6) is -1.10. The fraction of sp³-hybridized carbons (Fsp3) is 0.200. The number of anilines is 1. The summed E-state index contributed by atoms with van der Waals surface area (Å²) in [6, 6.07) is 12.8. The average Bonchev–Trinajstić information content (AvgIpc) is 2.64. The lowest BCUT2D eigenvalue weighted by atomic mass is 10.1. The Bertz CT molecular complexity index is 985. The van der Waals surface area contributed by atoms with E-state index in [9.17, 15) is 9.59 Å². The first-order valence-electron chi connectivity index (χ1n) is 8.25. The Morgan fingerprint density at radius 1 is 1.04 bits per heavy atom. The number of rotatable bonds is 4. The van der Waals surface area contributed by atoms with Gasteiger partial charge in [0.05, 0.1) is 17.2 Å². The molecule has 0 fully saturated rings. The summed E-state index contributed by atoms with van der Waals surface area (Å²) in [4.78, 5) is 32.9. The standard InChI is InChI=1S/C20H19N3O3/c1-12-8-9-15(10-13(12)2)22-19(24)14(3)26-20(25)18-11-21-16-6-4-5-7-17(16)23-18/h4-11,14H,1-3H3,(H,22,24). The van der Waals surface area contributed by atoms with Crippen molar-refractivity contribution in [3.05, 3.63) is 65.5 Å². The molecule has 0 aliphatic carbocycles. The lowest BCUT2D eigenvalue weighted by Gasteiger charge is -2.14. The molecule has 6 heteroatoms. The first-order valence-corrected chi connectivity index (χ1v) is 8.25. The number of amides is 1. The van der Waals surface area contributed by atoms with Crippen LogP contribution >= 0.6 is 0 Å². The number of esters is 1. The second kappa shape index (κ2) is 7.31. The predicted molar refractivity (Wildman–Crippen MR) is 99.0 cm³/mol. The maximum atomic E-state index is 12.3. The number of aromatic nitrogens is 2. The molecule has 1 unspecified atom stereocenters. The van der Waals surface area contributed by atoms with Gasteiger partial charge in [0.25, 0.3) is 5.91 Å². The summed E-state index contributed by atoms with van der Waals surface area (Å²) in [6.07, 6.45) is 0.385. The molecule has 0 aliphatic heterocycles. The molecular formula is C20H19N3O3. The van der Waals surface area contributed by atoms with Crippen LogP contribution in [0.2, 0.25) is 0 Å². The number of para-hydroxylation sites is 2. The van der Waals surface area contributed by atoms with E-state index in [1.165, 1.54) is 13.1 Å². The molecule has 0 saturated heterocycles. The van der Waals surface area contributed by atoms with Crippen molar-refractivity contribution < 1.29 is 14.3 Å². The van der Waals surface area contributed by atoms with Gasteiger partial charge in [-0.25, -0.2) is 9.78 Å². The van der Waals surface area contributed by atoms with Gasteiger partial charge in [-0.15, -0.1) is 0 Å². The molecule has 0 bridgehead atoms. The molecule has 1 N–H and O–H groups in total. The zero-order chi connectivity index (χ0) is 18.7. The zero-order valence-electron chi connectivity index (χ0n) is 14.8. The van der Waals surface area contributed by atoms with E-state index in [0.717, 1.165) is 11.1 Å². The molecule has 0 radical (unpaired) electrons. The number of ether oxygens (including phenoxy) is 1. The Balaban J connectivity index is 1.67. The molecule has 0 saturated carbocycles. The van der Waals surface area contributed by atoms with E-state index in [1.54, 1.807) is 12.1 Å². The normalized spacial score (nSPS) is 11.8. The van der Waals surface area contributed by atoms with Crippen molar-refractivity contribution in [1.29, 1.82) is 0 Å². The van der Waals surface area contributed by atoms with E-state index in [0.29, 0.717) is 16.7 Å². The maximum absolute atomic E-state index is 12.3. The highest BCUT2D eigenvalue weighted by atomic mass is 16.5. The van der Waals surface area contributed by atoms with Gasteiger partial charge in [0, 0.05) is 5.69 Å². The number of nitrogens with one attached hydrogen (secondary N) is 1. The molecule has 0 aliphatic rings. The van der Waals surface area contributed by atoms with Crippen molar-refractivity contribution >= 4 is 28.6 Å². The molecule has 3 rings (SSSR count). The van der Waals surface area contributed by atoms with E-state index in [4.69, 9.17) is 4.74 Å². The third kappa shape index (κ3) is 3.85. The number of aryl methyl sites for hydroxylation is 2. The van der Waals surface area contributed by atoms with Gasteiger partial charge in [-0.1, -0.05) is 18.2 Å². The highest BCUT2D eigenvalue weighted by Crippen LogP contribution is 2.15. The molecule has 6 nitrogen and oxygen atoms in total. The first-order chi connectivity index (χ1) is 12.4. The predicted octanol–water partition coefficient (Wildman–Crippen LogP) is 3.43. The Hall–Kier alpha value is -3.28. The topological polar surface area (TPSA) is 81.2 Å². The first kappa shape index (κ1) is 17.5. The van der Waals surface area contributed by atoms with Gasteiger partial charge in [-0.2, -0.15) is 0 Å². The number of carbonyl (C=O) groups excluding carboxylic acids is 2. The van der Waals surface area contributed by atoms with Gasteiger partial charge < -0.3 is 10.1 Å². The SMILES string of the molecule is Cc1ccc(NC(=O)C(C)OC(=O)c2cnc3ccccc3n2)cc1C. The summed E-state index contributed by atoms with van der Waals surface area (Å²) in [6.45, 7) is 5.48. The van der Waals surface area contributed by atoms with Crippen LogP contribution in [0.25, 0.3) is 11.0 Å². The third-order valence-electron chi connectivity index (χ3n) is 4.09. The largest absolute Gasteiger partial charge is 0.448 e. The van der Waals surface area contributed by atoms with Gasteiger partial charge in [-0.05, 0) is 56.2 Å². The van der Waals surface area contributed by atoms with Crippen LogP contribution in [0.1, 0.15) is 28.5 Å². The molecular weight excluding hydrogens is 330 g/mol. The second-order valence-electron chi connectivity index (χ2n) is 6.08. The van der Waals surface area contributed by atoms with E-state index in [2.05, 4.69) is 15.3 Å². The van der Waals surface area contributed by atoms with Crippen LogP contribution in [-0.2, 0) is 9.53 Å². The van der Waals surface area contributed by atoms with Crippen LogP contribution in [-0.4, -0.2) is 27.9 Å². The van der Waals surface area contributed by atoms with Crippen LogP contribution in [0.15, 0.2) is 48.7 Å². The number of fused-ring (bicyclic) bond motifs is 1. The molecule has 132 valence electrons. The van der Waals surface area contributed by atoms with Gasteiger partial charge in [0.1, 0.15) is 0 Å².